The molecule has 5 nitrogen and oxygen atoms in total. The zero-order valence-electron chi connectivity index (χ0n) is 13.5. The molecule has 0 aromatic carbocycles. The third kappa shape index (κ3) is 4.42. The zero-order valence-corrected chi connectivity index (χ0v) is 15.1. The third-order valence-electron chi connectivity index (χ3n) is 3.95. The molecule has 0 saturated heterocycles. The molecular weight excluding hydrogens is 356 g/mol. The molecular formula is C17H23BrN4O. The second-order valence-corrected chi connectivity index (χ2v) is 6.82. The van der Waals surface area contributed by atoms with E-state index >= 15 is 0 Å². The lowest BCUT2D eigenvalue weighted by Gasteiger charge is -2.26. The van der Waals surface area contributed by atoms with Crippen LogP contribution in [-0.4, -0.2) is 18.1 Å². The van der Waals surface area contributed by atoms with E-state index in [1.54, 1.807) is 0 Å². The predicted octanol–water partition coefficient (Wildman–Crippen LogP) is 3.15. The SMILES string of the molecule is C\C1=C(Br)/C(OC2=CNCC=C2)=C\C=C(/C)N(CC2CC2)NN1. The number of nitrogens with zero attached hydrogens (tertiary/aromatic N) is 1. The molecule has 0 amide bonds. The predicted molar refractivity (Wildman–Crippen MR) is 95.5 cm³/mol. The fourth-order valence-electron chi connectivity index (χ4n) is 2.31. The van der Waals surface area contributed by atoms with E-state index in [1.807, 2.05) is 31.4 Å². The molecule has 3 aliphatic rings. The van der Waals surface area contributed by atoms with Gasteiger partial charge in [-0.15, -0.1) is 5.53 Å². The average Bonchev–Trinajstić information content (AvgIpc) is 3.38. The minimum Gasteiger partial charge on any atom is -0.455 e. The van der Waals surface area contributed by atoms with Gasteiger partial charge in [0.05, 0.1) is 4.48 Å². The van der Waals surface area contributed by atoms with Crippen LogP contribution in [0.4, 0.5) is 0 Å². The van der Waals surface area contributed by atoms with Gasteiger partial charge in [-0.3, -0.25) is 5.01 Å². The summed E-state index contributed by atoms with van der Waals surface area (Å²) in [5, 5.41) is 5.31. The van der Waals surface area contributed by atoms with Crippen molar-refractivity contribution in [1.82, 2.24) is 21.3 Å². The van der Waals surface area contributed by atoms with Gasteiger partial charge >= 0.3 is 0 Å². The van der Waals surface area contributed by atoms with Gasteiger partial charge in [0.25, 0.3) is 0 Å². The van der Waals surface area contributed by atoms with Crippen molar-refractivity contribution in [2.24, 2.45) is 5.92 Å². The second-order valence-electron chi connectivity index (χ2n) is 6.03. The topological polar surface area (TPSA) is 48.6 Å². The molecule has 2 heterocycles. The summed E-state index contributed by atoms with van der Waals surface area (Å²) in [7, 11) is 0. The maximum Gasteiger partial charge on any atom is 0.143 e. The Balaban J connectivity index is 1.82. The Morgan fingerprint density at radius 2 is 2.13 bits per heavy atom. The molecule has 23 heavy (non-hydrogen) atoms. The fourth-order valence-corrected chi connectivity index (χ4v) is 2.62. The first-order chi connectivity index (χ1) is 11.1. The van der Waals surface area contributed by atoms with E-state index in [2.05, 4.69) is 50.2 Å². The van der Waals surface area contributed by atoms with Crippen LogP contribution in [0.1, 0.15) is 26.7 Å². The lowest BCUT2D eigenvalue weighted by atomic mass is 10.3. The summed E-state index contributed by atoms with van der Waals surface area (Å²) in [4.78, 5) is 0. The summed E-state index contributed by atoms with van der Waals surface area (Å²) < 4.78 is 6.91. The number of dihydropyridines is 1. The van der Waals surface area contributed by atoms with Crippen molar-refractivity contribution in [3.8, 4) is 0 Å². The molecule has 0 spiro atoms. The first kappa shape index (κ1) is 16.2. The Hall–Kier alpha value is -1.66. The summed E-state index contributed by atoms with van der Waals surface area (Å²) in [6, 6.07) is 0. The smallest absolute Gasteiger partial charge is 0.143 e. The van der Waals surface area contributed by atoms with Crippen molar-refractivity contribution in [2.45, 2.75) is 26.7 Å². The van der Waals surface area contributed by atoms with Crippen LogP contribution in [0.3, 0.4) is 0 Å². The van der Waals surface area contributed by atoms with Crippen molar-refractivity contribution in [3.63, 3.8) is 0 Å². The van der Waals surface area contributed by atoms with Gasteiger partial charge in [-0.2, -0.15) is 0 Å². The van der Waals surface area contributed by atoms with Gasteiger partial charge in [0.15, 0.2) is 0 Å². The van der Waals surface area contributed by atoms with Crippen LogP contribution in [0.25, 0.3) is 0 Å². The normalized spacial score (nSPS) is 29.7. The molecule has 1 aliphatic carbocycles. The monoisotopic (exact) mass is 378 g/mol. The maximum absolute atomic E-state index is 6.02. The van der Waals surface area contributed by atoms with Gasteiger partial charge in [-0.05, 0) is 66.8 Å². The Kier molecular flexibility index (Phi) is 5.13. The number of rotatable bonds is 4. The number of nitrogens with one attached hydrogen (secondary N) is 3. The highest BCUT2D eigenvalue weighted by Gasteiger charge is 2.25. The minimum absolute atomic E-state index is 0.768. The van der Waals surface area contributed by atoms with Crippen molar-refractivity contribution < 1.29 is 4.74 Å². The van der Waals surface area contributed by atoms with E-state index in [4.69, 9.17) is 4.74 Å². The Morgan fingerprint density at radius 1 is 1.30 bits per heavy atom. The largest absolute Gasteiger partial charge is 0.455 e. The quantitative estimate of drug-likeness (QED) is 0.701. The highest BCUT2D eigenvalue weighted by Crippen LogP contribution is 2.31. The Labute approximate surface area is 145 Å². The summed E-state index contributed by atoms with van der Waals surface area (Å²) in [6.45, 7) is 5.96. The number of allylic oxidation sites excluding steroid dienone is 6. The second kappa shape index (κ2) is 7.27. The van der Waals surface area contributed by atoms with Crippen molar-refractivity contribution in [3.05, 3.63) is 57.9 Å². The molecule has 0 aromatic rings. The highest BCUT2D eigenvalue weighted by atomic mass is 79.9. The van der Waals surface area contributed by atoms with Crippen LogP contribution in [0.2, 0.25) is 0 Å². The summed E-state index contributed by atoms with van der Waals surface area (Å²) >= 11 is 3.63. The highest BCUT2D eigenvalue weighted by molar-refractivity contribution is 9.12. The summed E-state index contributed by atoms with van der Waals surface area (Å²) in [5.41, 5.74) is 8.64. The van der Waals surface area contributed by atoms with Crippen LogP contribution in [0, 0.1) is 5.92 Å². The average molecular weight is 379 g/mol. The van der Waals surface area contributed by atoms with E-state index in [-0.39, 0.29) is 0 Å². The molecule has 0 atom stereocenters. The standard InChI is InChI=1S/C17H23BrN4O/c1-12-5-8-16(23-15-4-3-9-19-10-15)17(18)13(2)20-21-22(12)11-14-6-7-14/h3-5,8,10,14,19-21H,6-7,9,11H2,1-2H3/b12-5+,16-8+,17-13-. The summed E-state index contributed by atoms with van der Waals surface area (Å²) in [5.74, 6) is 2.36. The minimum atomic E-state index is 0.768. The molecule has 0 unspecified atom stereocenters. The number of hydrogen-bond donors (Lipinski definition) is 3. The molecule has 0 aromatic heterocycles. The van der Waals surface area contributed by atoms with Crippen molar-refractivity contribution >= 4 is 15.9 Å². The van der Waals surface area contributed by atoms with Crippen molar-refractivity contribution in [1.29, 1.82) is 0 Å². The van der Waals surface area contributed by atoms with E-state index in [1.165, 1.54) is 12.8 Å². The van der Waals surface area contributed by atoms with E-state index in [0.29, 0.717) is 0 Å². The van der Waals surface area contributed by atoms with Crippen LogP contribution in [0.15, 0.2) is 57.9 Å². The molecule has 1 fully saturated rings. The maximum atomic E-state index is 6.02. The van der Waals surface area contributed by atoms with E-state index in [0.717, 1.165) is 46.4 Å². The zero-order chi connectivity index (χ0) is 16.2. The van der Waals surface area contributed by atoms with Gasteiger partial charge < -0.3 is 15.5 Å². The number of halogens is 1. The van der Waals surface area contributed by atoms with Crippen LogP contribution >= 0.6 is 15.9 Å². The molecule has 124 valence electrons. The van der Waals surface area contributed by atoms with Crippen LogP contribution < -0.4 is 16.3 Å². The van der Waals surface area contributed by atoms with Crippen LogP contribution in [-0.2, 0) is 4.74 Å². The van der Waals surface area contributed by atoms with E-state index < -0.39 is 0 Å². The first-order valence-electron chi connectivity index (χ1n) is 7.96. The molecule has 3 rings (SSSR count). The number of ether oxygens (including phenoxy) is 1. The lowest BCUT2D eigenvalue weighted by molar-refractivity contribution is 0.207. The molecule has 0 bridgehead atoms. The summed E-state index contributed by atoms with van der Waals surface area (Å²) in [6.07, 6.45) is 12.6. The molecule has 2 aliphatic heterocycles. The molecule has 1 saturated carbocycles. The van der Waals surface area contributed by atoms with Gasteiger partial charge in [-0.1, -0.05) is 6.08 Å². The van der Waals surface area contributed by atoms with Gasteiger partial charge in [0.1, 0.15) is 11.5 Å². The Bertz CT molecular complexity index is 614. The third-order valence-corrected chi connectivity index (χ3v) is 4.94. The molecule has 0 radical (unpaired) electrons. The van der Waals surface area contributed by atoms with E-state index in [9.17, 15) is 0 Å². The van der Waals surface area contributed by atoms with Gasteiger partial charge in [0, 0.05) is 30.7 Å². The Morgan fingerprint density at radius 3 is 2.83 bits per heavy atom. The number of hydrazine groups is 2. The van der Waals surface area contributed by atoms with Gasteiger partial charge in [0.2, 0.25) is 0 Å². The van der Waals surface area contributed by atoms with Gasteiger partial charge in [-0.25, -0.2) is 0 Å². The lowest BCUT2D eigenvalue weighted by Crippen LogP contribution is -2.46. The van der Waals surface area contributed by atoms with Crippen LogP contribution in [0.5, 0.6) is 0 Å². The molecule has 3 N–H and O–H groups in total. The first-order valence-corrected chi connectivity index (χ1v) is 8.75. The molecule has 6 heteroatoms. The van der Waals surface area contributed by atoms with Crippen molar-refractivity contribution in [2.75, 3.05) is 13.1 Å². The number of hydrogen-bond acceptors (Lipinski definition) is 5. The fraction of sp³-hybridized carbons (Fsp3) is 0.412.